The lowest BCUT2D eigenvalue weighted by Gasteiger charge is -2.12. The van der Waals surface area contributed by atoms with Crippen LogP contribution < -0.4 is 4.74 Å². The summed E-state index contributed by atoms with van der Waals surface area (Å²) in [5.74, 6) is -0.123. The number of hydrogen-bond acceptors (Lipinski definition) is 3. The van der Waals surface area contributed by atoms with Gasteiger partial charge < -0.3 is 9.30 Å². The highest BCUT2D eigenvalue weighted by molar-refractivity contribution is 6.41. The lowest BCUT2D eigenvalue weighted by atomic mass is 10.1. The molecule has 0 bridgehead atoms. The van der Waals surface area contributed by atoms with Crippen molar-refractivity contribution in [3.8, 4) is 11.4 Å². The van der Waals surface area contributed by atoms with Gasteiger partial charge in [-0.1, -0.05) is 42.5 Å². The van der Waals surface area contributed by atoms with Gasteiger partial charge in [0.1, 0.15) is 18.2 Å². The SMILES string of the molecule is Cc1cc(C=C2C(=O)c3ccccc3C2=O)c(C)n1-c1ccc(OCc2ccccc2F)cc1. The average molecular weight is 451 g/mol. The van der Waals surface area contributed by atoms with E-state index in [1.165, 1.54) is 6.07 Å². The number of fused-ring (bicyclic) bond motifs is 1. The van der Waals surface area contributed by atoms with Gasteiger partial charge in [0, 0.05) is 33.8 Å². The van der Waals surface area contributed by atoms with E-state index in [0.29, 0.717) is 22.4 Å². The van der Waals surface area contributed by atoms with Crippen LogP contribution in [0.4, 0.5) is 4.39 Å². The summed E-state index contributed by atoms with van der Waals surface area (Å²) in [5.41, 5.74) is 5.24. The van der Waals surface area contributed by atoms with Crippen LogP contribution in [-0.2, 0) is 6.61 Å². The number of rotatable bonds is 5. The molecular formula is C29H22FNO3. The first-order chi connectivity index (χ1) is 16.4. The third-order valence-electron chi connectivity index (χ3n) is 6.12. The molecule has 168 valence electrons. The van der Waals surface area contributed by atoms with Crippen LogP contribution in [0.25, 0.3) is 11.8 Å². The second-order valence-corrected chi connectivity index (χ2v) is 8.30. The Hall–Kier alpha value is -4.25. The largest absolute Gasteiger partial charge is 0.489 e. The minimum atomic E-state index is -0.290. The van der Waals surface area contributed by atoms with Crippen molar-refractivity contribution in [3.63, 3.8) is 0 Å². The van der Waals surface area contributed by atoms with Crippen molar-refractivity contribution in [2.45, 2.75) is 20.5 Å². The monoisotopic (exact) mass is 451 g/mol. The molecule has 1 aliphatic carbocycles. The summed E-state index contributed by atoms with van der Waals surface area (Å²) in [7, 11) is 0. The average Bonchev–Trinajstić information content (AvgIpc) is 3.26. The maximum atomic E-state index is 13.8. The molecule has 1 aliphatic rings. The molecule has 0 spiro atoms. The minimum Gasteiger partial charge on any atom is -0.489 e. The van der Waals surface area contributed by atoms with Crippen LogP contribution in [-0.4, -0.2) is 16.1 Å². The number of carbonyl (C=O) groups excluding carboxylic acids is 2. The van der Waals surface area contributed by atoms with E-state index in [0.717, 1.165) is 22.6 Å². The van der Waals surface area contributed by atoms with Crippen LogP contribution in [0.1, 0.15) is 43.2 Å². The fraction of sp³-hybridized carbons (Fsp3) is 0.103. The van der Waals surface area contributed by atoms with Gasteiger partial charge >= 0.3 is 0 Å². The molecule has 5 heteroatoms. The summed E-state index contributed by atoms with van der Waals surface area (Å²) in [5, 5.41) is 0. The Balaban J connectivity index is 1.39. The van der Waals surface area contributed by atoms with Gasteiger partial charge in [0.25, 0.3) is 0 Å². The number of Topliss-reactive ketones (excluding diaryl/α,β-unsaturated/α-hetero) is 2. The zero-order chi connectivity index (χ0) is 23.8. The van der Waals surface area contributed by atoms with Crippen LogP contribution in [0, 0.1) is 19.7 Å². The molecule has 0 aliphatic heterocycles. The predicted molar refractivity (Wildman–Crippen MR) is 129 cm³/mol. The highest BCUT2D eigenvalue weighted by atomic mass is 19.1. The van der Waals surface area contributed by atoms with Gasteiger partial charge in [-0.3, -0.25) is 9.59 Å². The van der Waals surface area contributed by atoms with Gasteiger partial charge in [-0.05, 0) is 61.9 Å². The fourth-order valence-electron chi connectivity index (χ4n) is 4.36. The van der Waals surface area contributed by atoms with Crippen molar-refractivity contribution in [1.29, 1.82) is 0 Å². The molecule has 1 heterocycles. The molecular weight excluding hydrogens is 429 g/mol. The molecule has 5 rings (SSSR count). The van der Waals surface area contributed by atoms with Crippen LogP contribution in [0.2, 0.25) is 0 Å². The molecule has 0 amide bonds. The number of nitrogens with zero attached hydrogens (tertiary/aromatic N) is 1. The first kappa shape index (κ1) is 21.6. The molecule has 0 saturated carbocycles. The second kappa shape index (κ2) is 8.60. The molecule has 0 N–H and O–H groups in total. The third-order valence-corrected chi connectivity index (χ3v) is 6.12. The Morgan fingerprint density at radius 1 is 0.853 bits per heavy atom. The van der Waals surface area contributed by atoms with Gasteiger partial charge in [0.15, 0.2) is 11.6 Å². The van der Waals surface area contributed by atoms with Gasteiger partial charge in [-0.15, -0.1) is 0 Å². The minimum absolute atomic E-state index is 0.149. The topological polar surface area (TPSA) is 48.3 Å². The molecule has 0 atom stereocenters. The molecule has 0 fully saturated rings. The van der Waals surface area contributed by atoms with E-state index in [1.807, 2.05) is 44.2 Å². The summed E-state index contributed by atoms with van der Waals surface area (Å²) in [6.45, 7) is 4.08. The van der Waals surface area contributed by atoms with Crippen LogP contribution in [0.3, 0.4) is 0 Å². The quantitative estimate of drug-likeness (QED) is 0.265. The van der Waals surface area contributed by atoms with Crippen molar-refractivity contribution >= 4 is 17.6 Å². The van der Waals surface area contributed by atoms with Crippen molar-refractivity contribution in [1.82, 2.24) is 4.57 Å². The zero-order valence-electron chi connectivity index (χ0n) is 18.8. The number of hydrogen-bond donors (Lipinski definition) is 0. The molecule has 4 aromatic rings. The molecule has 3 aromatic carbocycles. The van der Waals surface area contributed by atoms with Crippen LogP contribution in [0.5, 0.6) is 5.75 Å². The zero-order valence-corrected chi connectivity index (χ0v) is 18.8. The van der Waals surface area contributed by atoms with E-state index in [1.54, 1.807) is 48.5 Å². The Bertz CT molecular complexity index is 1420. The normalized spacial score (nSPS) is 12.7. The summed E-state index contributed by atoms with van der Waals surface area (Å²) in [6, 6.07) is 23.0. The van der Waals surface area contributed by atoms with E-state index < -0.39 is 0 Å². The van der Waals surface area contributed by atoms with Crippen molar-refractivity contribution in [2.75, 3.05) is 0 Å². The van der Waals surface area contributed by atoms with E-state index >= 15 is 0 Å². The second-order valence-electron chi connectivity index (χ2n) is 8.30. The third kappa shape index (κ3) is 3.75. The molecule has 0 radical (unpaired) electrons. The van der Waals surface area contributed by atoms with Crippen molar-refractivity contribution in [2.24, 2.45) is 0 Å². The number of aryl methyl sites for hydroxylation is 1. The Labute approximate surface area is 196 Å². The number of benzene rings is 3. The maximum absolute atomic E-state index is 13.8. The van der Waals surface area contributed by atoms with Crippen molar-refractivity contribution < 1.29 is 18.7 Å². The van der Waals surface area contributed by atoms with Gasteiger partial charge in [0.2, 0.25) is 0 Å². The molecule has 0 saturated heterocycles. The maximum Gasteiger partial charge on any atom is 0.197 e. The summed E-state index contributed by atoms with van der Waals surface area (Å²) in [6.07, 6.45) is 1.69. The van der Waals surface area contributed by atoms with Gasteiger partial charge in [-0.2, -0.15) is 0 Å². The standard InChI is InChI=1S/C29H22FNO3/c1-18-15-21(16-26-28(32)24-8-4-5-9-25(24)29(26)33)19(2)31(18)22-11-13-23(14-12-22)34-17-20-7-3-6-10-27(20)30/h3-16H,17H2,1-2H3. The first-order valence-corrected chi connectivity index (χ1v) is 11.0. The molecule has 1 aromatic heterocycles. The van der Waals surface area contributed by atoms with Crippen molar-refractivity contribution in [3.05, 3.63) is 124 Å². The Kier molecular flexibility index (Phi) is 5.46. The van der Waals surface area contributed by atoms with E-state index in [2.05, 4.69) is 4.57 Å². The number of ether oxygens (including phenoxy) is 1. The smallest absolute Gasteiger partial charge is 0.197 e. The highest BCUT2D eigenvalue weighted by Crippen LogP contribution is 2.30. The van der Waals surface area contributed by atoms with E-state index in [-0.39, 0.29) is 29.6 Å². The van der Waals surface area contributed by atoms with E-state index in [9.17, 15) is 14.0 Å². The number of allylic oxidation sites excluding steroid dienone is 1. The van der Waals surface area contributed by atoms with Crippen LogP contribution in [0.15, 0.2) is 84.4 Å². The summed E-state index contributed by atoms with van der Waals surface area (Å²) < 4.78 is 21.6. The van der Waals surface area contributed by atoms with Gasteiger partial charge in [0.05, 0.1) is 5.57 Å². The molecule has 0 unspecified atom stereocenters. The fourth-order valence-corrected chi connectivity index (χ4v) is 4.36. The number of aromatic nitrogens is 1. The Morgan fingerprint density at radius 3 is 2.12 bits per heavy atom. The Morgan fingerprint density at radius 2 is 1.47 bits per heavy atom. The first-order valence-electron chi connectivity index (χ1n) is 11.0. The van der Waals surface area contributed by atoms with E-state index in [4.69, 9.17) is 4.74 Å². The molecule has 4 nitrogen and oxygen atoms in total. The number of halogens is 1. The van der Waals surface area contributed by atoms with Gasteiger partial charge in [-0.25, -0.2) is 4.39 Å². The number of ketones is 2. The number of carbonyl (C=O) groups is 2. The predicted octanol–water partition coefficient (Wildman–Crippen LogP) is 6.27. The lowest BCUT2D eigenvalue weighted by Crippen LogP contribution is -2.02. The highest BCUT2D eigenvalue weighted by Gasteiger charge is 2.32. The summed E-state index contributed by atoms with van der Waals surface area (Å²) >= 11 is 0. The van der Waals surface area contributed by atoms with Crippen LogP contribution >= 0.6 is 0 Å². The lowest BCUT2D eigenvalue weighted by molar-refractivity contribution is 0.0990. The summed E-state index contributed by atoms with van der Waals surface area (Å²) in [4.78, 5) is 25.5. The molecule has 34 heavy (non-hydrogen) atoms.